The van der Waals surface area contributed by atoms with Crippen molar-refractivity contribution < 1.29 is 14.3 Å². The summed E-state index contributed by atoms with van der Waals surface area (Å²) in [6.45, 7) is 1.83. The summed E-state index contributed by atoms with van der Waals surface area (Å²) in [5.41, 5.74) is 2.43. The van der Waals surface area contributed by atoms with Gasteiger partial charge in [0.25, 0.3) is 0 Å². The van der Waals surface area contributed by atoms with Crippen LogP contribution >= 0.6 is 11.6 Å². The number of nitrogens with zero attached hydrogens (tertiary/aromatic N) is 3. The molecule has 0 aliphatic rings. The highest BCUT2D eigenvalue weighted by Gasteiger charge is 2.16. The zero-order chi connectivity index (χ0) is 18.3. The second kappa shape index (κ2) is 6.31. The summed E-state index contributed by atoms with van der Waals surface area (Å²) in [7, 11) is 1.34. The van der Waals surface area contributed by atoms with Crippen molar-refractivity contribution in [3.63, 3.8) is 0 Å². The predicted molar refractivity (Wildman–Crippen MR) is 98.1 cm³/mol. The minimum absolute atomic E-state index is 0.386. The van der Waals surface area contributed by atoms with Crippen molar-refractivity contribution >= 4 is 34.1 Å². The third-order valence-corrected chi connectivity index (χ3v) is 4.45. The first kappa shape index (κ1) is 16.4. The predicted octanol–water partition coefficient (Wildman–Crippen LogP) is 4.42. The normalized spacial score (nSPS) is 11.0. The lowest BCUT2D eigenvalue weighted by Gasteiger charge is -2.10. The Labute approximate surface area is 153 Å². The van der Waals surface area contributed by atoms with Crippen molar-refractivity contribution in [3.8, 4) is 11.6 Å². The number of ether oxygens (including phenoxy) is 2. The lowest BCUT2D eigenvalue weighted by atomic mass is 10.2. The molecule has 0 atom stereocenters. The summed E-state index contributed by atoms with van der Waals surface area (Å²) in [5, 5.41) is 5.70. The Kier molecular flexibility index (Phi) is 3.97. The smallest absolute Gasteiger partial charge is 0.337 e. The molecule has 2 aromatic carbocycles. The highest BCUT2D eigenvalue weighted by molar-refractivity contribution is 6.34. The van der Waals surface area contributed by atoms with Gasteiger partial charge in [-0.3, -0.25) is 0 Å². The molecular formula is C19H14ClN3O3. The van der Waals surface area contributed by atoms with E-state index in [1.165, 1.54) is 7.11 Å². The van der Waals surface area contributed by atoms with Crippen LogP contribution in [0.3, 0.4) is 0 Å². The summed E-state index contributed by atoms with van der Waals surface area (Å²) >= 11 is 6.34. The number of methoxy groups -OCH3 is 1. The third kappa shape index (κ3) is 2.64. The second-order valence-electron chi connectivity index (χ2n) is 5.69. The van der Waals surface area contributed by atoms with Gasteiger partial charge in [0.05, 0.1) is 29.3 Å². The van der Waals surface area contributed by atoms with Gasteiger partial charge in [-0.15, -0.1) is 0 Å². The standard InChI is InChI=1S/C19H14ClN3O3/c1-11-16(20)17-21-18(14-8-3-4-9-15(14)23(17)22-11)26-13-7-5-6-12(10-13)19(24)25-2/h3-10H,1-2H3. The zero-order valence-corrected chi connectivity index (χ0v) is 14.8. The number of rotatable bonds is 3. The van der Waals surface area contributed by atoms with Gasteiger partial charge in [0.2, 0.25) is 5.88 Å². The first-order valence-electron chi connectivity index (χ1n) is 7.88. The molecule has 6 nitrogen and oxygen atoms in total. The number of hydrogen-bond donors (Lipinski definition) is 0. The molecule has 4 aromatic rings. The zero-order valence-electron chi connectivity index (χ0n) is 14.1. The molecule has 130 valence electrons. The molecule has 0 unspecified atom stereocenters. The fraction of sp³-hybridized carbons (Fsp3) is 0.105. The minimum atomic E-state index is -0.432. The molecule has 0 saturated carbocycles. The summed E-state index contributed by atoms with van der Waals surface area (Å²) in [4.78, 5) is 16.3. The van der Waals surface area contributed by atoms with E-state index < -0.39 is 5.97 Å². The average molecular weight is 368 g/mol. The van der Waals surface area contributed by atoms with Crippen molar-refractivity contribution in [2.24, 2.45) is 0 Å². The fourth-order valence-corrected chi connectivity index (χ4v) is 2.91. The van der Waals surface area contributed by atoms with E-state index >= 15 is 0 Å². The van der Waals surface area contributed by atoms with Gasteiger partial charge in [0.1, 0.15) is 10.8 Å². The van der Waals surface area contributed by atoms with Crippen LogP contribution in [0.4, 0.5) is 0 Å². The SMILES string of the molecule is COC(=O)c1cccc(Oc2nc3c(Cl)c(C)nn3c3ccccc23)c1. The van der Waals surface area contributed by atoms with Crippen molar-refractivity contribution in [2.45, 2.75) is 6.92 Å². The second-order valence-corrected chi connectivity index (χ2v) is 6.07. The Hall–Kier alpha value is -3.12. The summed E-state index contributed by atoms with van der Waals surface area (Å²) in [6.07, 6.45) is 0. The van der Waals surface area contributed by atoms with Crippen LogP contribution in [0.1, 0.15) is 16.1 Å². The third-order valence-electron chi connectivity index (χ3n) is 4.00. The Morgan fingerprint density at radius 3 is 2.77 bits per heavy atom. The van der Waals surface area contributed by atoms with Crippen LogP contribution in [0.2, 0.25) is 5.02 Å². The maximum Gasteiger partial charge on any atom is 0.337 e. The summed E-state index contributed by atoms with van der Waals surface area (Å²) in [5.74, 6) is 0.428. The van der Waals surface area contributed by atoms with Crippen LogP contribution in [-0.2, 0) is 4.74 Å². The number of benzene rings is 2. The molecule has 7 heteroatoms. The number of hydrogen-bond acceptors (Lipinski definition) is 5. The Balaban J connectivity index is 1.88. The van der Waals surface area contributed by atoms with Gasteiger partial charge < -0.3 is 9.47 Å². The van der Waals surface area contributed by atoms with Crippen LogP contribution in [0, 0.1) is 6.92 Å². The van der Waals surface area contributed by atoms with Gasteiger partial charge in [-0.05, 0) is 37.3 Å². The number of esters is 1. The van der Waals surface area contributed by atoms with Gasteiger partial charge >= 0.3 is 5.97 Å². The lowest BCUT2D eigenvalue weighted by molar-refractivity contribution is 0.0600. The quantitative estimate of drug-likeness (QED) is 0.501. The summed E-state index contributed by atoms with van der Waals surface area (Å²) < 4.78 is 12.4. The molecule has 0 saturated heterocycles. The molecule has 0 radical (unpaired) electrons. The first-order valence-corrected chi connectivity index (χ1v) is 8.26. The van der Waals surface area contributed by atoms with Crippen LogP contribution in [-0.4, -0.2) is 27.7 Å². The van der Waals surface area contributed by atoms with Gasteiger partial charge in [-0.1, -0.05) is 29.8 Å². The maximum atomic E-state index is 11.7. The van der Waals surface area contributed by atoms with Crippen molar-refractivity contribution in [2.75, 3.05) is 7.11 Å². The molecule has 0 spiro atoms. The molecule has 0 amide bonds. The molecule has 0 N–H and O–H groups in total. The van der Waals surface area contributed by atoms with E-state index in [0.717, 1.165) is 10.9 Å². The molecule has 0 aliphatic heterocycles. The van der Waals surface area contributed by atoms with E-state index in [1.54, 1.807) is 28.8 Å². The van der Waals surface area contributed by atoms with Crippen molar-refractivity contribution in [1.29, 1.82) is 0 Å². The van der Waals surface area contributed by atoms with E-state index in [1.807, 2.05) is 31.2 Å². The van der Waals surface area contributed by atoms with E-state index in [4.69, 9.17) is 21.1 Å². The van der Waals surface area contributed by atoms with Crippen LogP contribution in [0.25, 0.3) is 16.6 Å². The number of aryl methyl sites for hydroxylation is 1. The molecular weight excluding hydrogens is 354 g/mol. The van der Waals surface area contributed by atoms with E-state index in [2.05, 4.69) is 10.1 Å². The highest BCUT2D eigenvalue weighted by Crippen LogP contribution is 2.32. The topological polar surface area (TPSA) is 65.7 Å². The molecule has 4 rings (SSSR count). The summed E-state index contributed by atoms with van der Waals surface area (Å²) in [6, 6.07) is 14.4. The van der Waals surface area contributed by atoms with Crippen molar-refractivity contribution in [3.05, 3.63) is 64.8 Å². The minimum Gasteiger partial charge on any atom is -0.465 e. The molecule has 2 aromatic heterocycles. The Morgan fingerprint density at radius 2 is 1.96 bits per heavy atom. The van der Waals surface area contributed by atoms with Gasteiger partial charge in [-0.25, -0.2) is 9.31 Å². The maximum absolute atomic E-state index is 11.7. The molecule has 0 bridgehead atoms. The van der Waals surface area contributed by atoms with E-state index in [9.17, 15) is 4.79 Å². The number of aromatic nitrogens is 3. The van der Waals surface area contributed by atoms with Gasteiger partial charge in [0.15, 0.2) is 5.65 Å². The van der Waals surface area contributed by atoms with Crippen LogP contribution in [0.15, 0.2) is 48.5 Å². The van der Waals surface area contributed by atoms with E-state index in [-0.39, 0.29) is 0 Å². The Morgan fingerprint density at radius 1 is 1.15 bits per heavy atom. The Bertz CT molecular complexity index is 1150. The molecule has 2 heterocycles. The lowest BCUT2D eigenvalue weighted by Crippen LogP contribution is -2.01. The van der Waals surface area contributed by atoms with E-state index in [0.29, 0.717) is 33.6 Å². The average Bonchev–Trinajstić information content (AvgIpc) is 2.96. The number of para-hydroxylation sites is 1. The van der Waals surface area contributed by atoms with Crippen LogP contribution in [0.5, 0.6) is 11.6 Å². The number of halogens is 1. The monoisotopic (exact) mass is 367 g/mol. The fourth-order valence-electron chi connectivity index (χ4n) is 2.75. The first-order chi connectivity index (χ1) is 12.6. The number of carbonyl (C=O) groups excluding carboxylic acids is 1. The largest absolute Gasteiger partial charge is 0.465 e. The number of carbonyl (C=O) groups is 1. The van der Waals surface area contributed by atoms with Gasteiger partial charge in [0, 0.05) is 0 Å². The van der Waals surface area contributed by atoms with Crippen LogP contribution < -0.4 is 4.74 Å². The van der Waals surface area contributed by atoms with Crippen molar-refractivity contribution in [1.82, 2.24) is 14.6 Å². The highest BCUT2D eigenvalue weighted by atomic mass is 35.5. The van der Waals surface area contributed by atoms with Gasteiger partial charge in [-0.2, -0.15) is 10.1 Å². The molecule has 0 fully saturated rings. The molecule has 0 aliphatic carbocycles. The molecule has 26 heavy (non-hydrogen) atoms. The number of fused-ring (bicyclic) bond motifs is 3.